The summed E-state index contributed by atoms with van der Waals surface area (Å²) in [6.45, 7) is 4.82. The van der Waals surface area contributed by atoms with Crippen LogP contribution in [0.3, 0.4) is 0 Å². The number of likely N-dealkylation sites (N-methyl/N-ethyl adjacent to an activating group) is 1. The van der Waals surface area contributed by atoms with Crippen molar-refractivity contribution in [2.24, 2.45) is 0 Å². The van der Waals surface area contributed by atoms with Gasteiger partial charge in [0.1, 0.15) is 13.2 Å². The van der Waals surface area contributed by atoms with E-state index in [1.807, 2.05) is 27.2 Å². The fourth-order valence-electron chi connectivity index (χ4n) is 10.9. The van der Waals surface area contributed by atoms with Gasteiger partial charge in [0.05, 0.1) is 39.9 Å². The number of aliphatic hydroxyl groups is 1. The van der Waals surface area contributed by atoms with E-state index in [1.54, 1.807) is 6.08 Å². The first-order valence-electron chi connectivity index (χ1n) is 36.0. The standard InChI is InChI=1S/C73H141N2O6P/c1-6-8-10-12-14-16-18-20-22-24-26-27-28-29-30-31-32-33-34-35-36-37-38-39-40-41-42-43-44-45-46-47-49-51-53-55-57-59-61-63-65-67-73(77)74-71(70-81-82(78,79)80-69-68-75(3,4)5)72(76)66-64-62-60-58-56-54-52-50-48-25-23-21-19-17-15-13-11-9-7-2/h24,26,48,50,56,58,64,66,71-72,76H,6-23,25,27-47,49,51-55,57,59-63,65,67-70H2,1-5H3,(H-,74,77,78,79)/p+1/b26-24-,50-48+,58-56+,66-64+. The van der Waals surface area contributed by atoms with E-state index in [1.165, 1.54) is 295 Å². The summed E-state index contributed by atoms with van der Waals surface area (Å²) >= 11 is 0. The van der Waals surface area contributed by atoms with E-state index >= 15 is 0 Å². The molecule has 0 fully saturated rings. The van der Waals surface area contributed by atoms with Crippen LogP contribution in [0.2, 0.25) is 0 Å². The molecule has 1 amide bonds. The third-order valence-electron chi connectivity index (χ3n) is 16.5. The van der Waals surface area contributed by atoms with Gasteiger partial charge in [-0.05, 0) is 70.6 Å². The molecular weight excluding hydrogens is 1030 g/mol. The number of unbranched alkanes of at least 4 members (excludes halogenated alkanes) is 48. The number of rotatable bonds is 67. The molecule has 82 heavy (non-hydrogen) atoms. The predicted molar refractivity (Wildman–Crippen MR) is 360 cm³/mol. The lowest BCUT2D eigenvalue weighted by Gasteiger charge is -2.25. The Morgan fingerprint density at radius 1 is 0.402 bits per heavy atom. The largest absolute Gasteiger partial charge is 0.472 e. The van der Waals surface area contributed by atoms with Gasteiger partial charge in [-0.1, -0.05) is 332 Å². The van der Waals surface area contributed by atoms with Crippen LogP contribution in [0.15, 0.2) is 48.6 Å². The highest BCUT2D eigenvalue weighted by atomic mass is 31.2. The molecule has 3 atom stereocenters. The lowest BCUT2D eigenvalue weighted by atomic mass is 10.0. The second-order valence-electron chi connectivity index (χ2n) is 25.9. The molecule has 0 saturated heterocycles. The Morgan fingerprint density at radius 3 is 0.976 bits per heavy atom. The second kappa shape index (κ2) is 63.9. The van der Waals surface area contributed by atoms with Crippen molar-refractivity contribution in [1.29, 1.82) is 0 Å². The van der Waals surface area contributed by atoms with Crippen LogP contribution in [0, 0.1) is 0 Å². The second-order valence-corrected chi connectivity index (χ2v) is 27.4. The minimum atomic E-state index is -4.36. The number of aliphatic hydroxyl groups excluding tert-OH is 1. The molecule has 0 bridgehead atoms. The number of quaternary nitrogens is 1. The van der Waals surface area contributed by atoms with Gasteiger partial charge in [0, 0.05) is 6.42 Å². The Kier molecular flexibility index (Phi) is 62.7. The zero-order valence-electron chi connectivity index (χ0n) is 55.5. The van der Waals surface area contributed by atoms with Crippen molar-refractivity contribution in [3.63, 3.8) is 0 Å². The van der Waals surface area contributed by atoms with E-state index in [0.29, 0.717) is 17.4 Å². The average molecular weight is 1170 g/mol. The number of carbonyl (C=O) groups excluding carboxylic acids is 1. The fraction of sp³-hybridized carbons (Fsp3) is 0.877. The molecule has 0 saturated carbocycles. The average Bonchev–Trinajstić information content (AvgIpc) is 3.47. The molecule has 0 aromatic rings. The number of phosphoric ester groups is 1. The van der Waals surface area contributed by atoms with Gasteiger partial charge in [-0.15, -0.1) is 0 Å². The highest BCUT2D eigenvalue weighted by molar-refractivity contribution is 7.47. The maximum atomic E-state index is 13.0. The van der Waals surface area contributed by atoms with Gasteiger partial charge in [-0.3, -0.25) is 13.8 Å². The van der Waals surface area contributed by atoms with Crippen molar-refractivity contribution in [1.82, 2.24) is 5.32 Å². The van der Waals surface area contributed by atoms with E-state index < -0.39 is 20.0 Å². The number of nitrogens with one attached hydrogen (secondary N) is 1. The predicted octanol–water partition coefficient (Wildman–Crippen LogP) is 23.0. The maximum Gasteiger partial charge on any atom is 0.472 e. The molecule has 8 nitrogen and oxygen atoms in total. The number of allylic oxidation sites excluding steroid dienone is 7. The third-order valence-corrected chi connectivity index (χ3v) is 17.5. The molecule has 9 heteroatoms. The van der Waals surface area contributed by atoms with Crippen LogP contribution >= 0.6 is 7.82 Å². The Balaban J connectivity index is 3.91. The number of phosphoric acid groups is 1. The Hall–Kier alpha value is -1.54. The molecule has 0 aromatic heterocycles. The molecule has 0 rings (SSSR count). The van der Waals surface area contributed by atoms with Gasteiger partial charge in [0.2, 0.25) is 5.91 Å². The van der Waals surface area contributed by atoms with Crippen LogP contribution < -0.4 is 5.32 Å². The highest BCUT2D eigenvalue weighted by Gasteiger charge is 2.28. The minimum Gasteiger partial charge on any atom is -0.387 e. The number of nitrogens with zero attached hydrogens (tertiary/aromatic N) is 1. The van der Waals surface area contributed by atoms with Gasteiger partial charge < -0.3 is 19.8 Å². The summed E-state index contributed by atoms with van der Waals surface area (Å²) in [5.74, 6) is -0.185. The maximum absolute atomic E-state index is 13.0. The normalized spacial score (nSPS) is 13.9. The van der Waals surface area contributed by atoms with Crippen LogP contribution in [0.4, 0.5) is 0 Å². The Bertz CT molecular complexity index is 1480. The summed E-state index contributed by atoms with van der Waals surface area (Å²) in [5, 5.41) is 14.0. The monoisotopic (exact) mass is 1170 g/mol. The van der Waals surface area contributed by atoms with E-state index in [9.17, 15) is 19.4 Å². The number of carbonyl (C=O) groups is 1. The summed E-state index contributed by atoms with van der Waals surface area (Å²) in [7, 11) is 1.56. The molecule has 0 aliphatic rings. The first-order valence-corrected chi connectivity index (χ1v) is 37.5. The van der Waals surface area contributed by atoms with Crippen molar-refractivity contribution in [2.45, 2.75) is 373 Å². The first kappa shape index (κ1) is 80.5. The van der Waals surface area contributed by atoms with Crippen molar-refractivity contribution in [3.05, 3.63) is 48.6 Å². The third kappa shape index (κ3) is 66.0. The Labute approximate surface area is 511 Å². The van der Waals surface area contributed by atoms with Crippen LogP contribution in [-0.4, -0.2) is 73.4 Å². The van der Waals surface area contributed by atoms with Crippen molar-refractivity contribution in [2.75, 3.05) is 40.9 Å². The minimum absolute atomic E-state index is 0.0547. The lowest BCUT2D eigenvalue weighted by Crippen LogP contribution is -2.45. The Morgan fingerprint density at radius 2 is 0.671 bits per heavy atom. The van der Waals surface area contributed by atoms with Crippen LogP contribution in [0.25, 0.3) is 0 Å². The highest BCUT2D eigenvalue weighted by Crippen LogP contribution is 2.43. The number of hydrogen-bond acceptors (Lipinski definition) is 5. The van der Waals surface area contributed by atoms with E-state index in [0.717, 1.165) is 44.9 Å². The molecule has 0 aliphatic carbocycles. The van der Waals surface area contributed by atoms with Gasteiger partial charge in [0.15, 0.2) is 0 Å². The van der Waals surface area contributed by atoms with Crippen molar-refractivity contribution >= 4 is 13.7 Å². The van der Waals surface area contributed by atoms with Crippen LogP contribution in [0.5, 0.6) is 0 Å². The summed E-state index contributed by atoms with van der Waals surface area (Å²) in [6, 6.07) is -0.870. The molecule has 0 spiro atoms. The lowest BCUT2D eigenvalue weighted by molar-refractivity contribution is -0.870. The van der Waals surface area contributed by atoms with Crippen LogP contribution in [-0.2, 0) is 18.4 Å². The zero-order valence-corrected chi connectivity index (χ0v) is 56.4. The summed E-state index contributed by atoms with van der Waals surface area (Å²) in [6.07, 6.45) is 87.2. The van der Waals surface area contributed by atoms with E-state index in [4.69, 9.17) is 9.05 Å². The smallest absolute Gasteiger partial charge is 0.387 e. The van der Waals surface area contributed by atoms with Gasteiger partial charge in [-0.2, -0.15) is 0 Å². The molecular formula is C73H142N2O6P+. The number of amides is 1. The quantitative estimate of drug-likeness (QED) is 0.0243. The summed E-state index contributed by atoms with van der Waals surface area (Å²) in [4.78, 5) is 23.4. The molecule has 3 N–H and O–H groups in total. The topological polar surface area (TPSA) is 105 Å². The summed E-state index contributed by atoms with van der Waals surface area (Å²) in [5.41, 5.74) is 0. The fourth-order valence-corrected chi connectivity index (χ4v) is 11.6. The van der Waals surface area contributed by atoms with Crippen molar-refractivity contribution in [3.8, 4) is 0 Å². The molecule has 0 radical (unpaired) electrons. The van der Waals surface area contributed by atoms with Gasteiger partial charge in [0.25, 0.3) is 0 Å². The van der Waals surface area contributed by atoms with Crippen molar-refractivity contribution < 1.29 is 32.9 Å². The SMILES string of the molecule is CCCCCCCCCC/C=C\CCCCCCCCCCCCCCCCCCCCCCCCCCCCCCCC(=O)NC(COP(=O)(O)OCC[N+](C)(C)C)C(O)/C=C/CC/C=C/CC/C=C/CCCCCCCCCCC. The summed E-state index contributed by atoms with van der Waals surface area (Å²) < 4.78 is 23.8. The molecule has 0 heterocycles. The van der Waals surface area contributed by atoms with E-state index in [-0.39, 0.29) is 19.1 Å². The molecule has 3 unspecified atom stereocenters. The first-order chi connectivity index (χ1) is 40.0. The molecule has 0 aromatic carbocycles. The van der Waals surface area contributed by atoms with Gasteiger partial charge in [-0.25, -0.2) is 4.57 Å². The molecule has 484 valence electrons. The molecule has 0 aliphatic heterocycles. The van der Waals surface area contributed by atoms with Gasteiger partial charge >= 0.3 is 7.82 Å². The van der Waals surface area contributed by atoms with Crippen LogP contribution in [0.1, 0.15) is 361 Å². The number of hydrogen-bond donors (Lipinski definition) is 3. The zero-order chi connectivity index (χ0) is 59.8. The van der Waals surface area contributed by atoms with E-state index in [2.05, 4.69) is 55.6 Å².